The van der Waals surface area contributed by atoms with Gasteiger partial charge in [-0.15, -0.1) is 11.6 Å². The van der Waals surface area contributed by atoms with Crippen molar-refractivity contribution in [1.82, 2.24) is 0 Å². The molecule has 1 unspecified atom stereocenters. The molecule has 0 amide bonds. The molecule has 1 aliphatic rings. The molecule has 4 atom stereocenters. The third-order valence-corrected chi connectivity index (χ3v) is 3.41. The third kappa shape index (κ3) is 4.20. The molecule has 1 fully saturated rings. The van der Waals surface area contributed by atoms with Gasteiger partial charge in [0.05, 0.1) is 6.61 Å². The highest BCUT2D eigenvalue weighted by Crippen LogP contribution is 2.30. The smallest absolute Gasteiger partial charge is 0.293 e. The number of ether oxygens (including phenoxy) is 4. The summed E-state index contributed by atoms with van der Waals surface area (Å²) in [6.07, 6.45) is -1.42. The van der Waals surface area contributed by atoms with Crippen LogP contribution in [0.25, 0.3) is 0 Å². The normalized spacial score (nSPS) is 28.4. The minimum absolute atomic E-state index is 0.338. The molecule has 0 saturated carbocycles. The second kappa shape index (κ2) is 6.51. The second-order valence-electron chi connectivity index (χ2n) is 4.10. The lowest BCUT2D eigenvalue weighted by Crippen LogP contribution is -2.45. The molecule has 0 aromatic heterocycles. The molecule has 1 saturated heterocycles. The Morgan fingerprint density at radius 2 is 2.24 bits per heavy atom. The summed E-state index contributed by atoms with van der Waals surface area (Å²) in [5, 5.41) is 0. The molecule has 7 heteroatoms. The number of rotatable bonds is 6. The van der Waals surface area contributed by atoms with Gasteiger partial charge in [0.15, 0.2) is 11.9 Å². The fourth-order valence-electron chi connectivity index (χ4n) is 1.70. The Kier molecular flexibility index (Phi) is 5.91. The molecule has 0 aliphatic carbocycles. The van der Waals surface area contributed by atoms with Crippen LogP contribution in [0.4, 0.5) is 0 Å². The second-order valence-corrected chi connectivity index (χ2v) is 6.65. The first-order valence-corrected chi connectivity index (χ1v) is 6.81. The number of hydrogen-bond donors (Lipinski definition) is 0. The average Bonchev–Trinajstić information content (AvgIpc) is 2.58. The highest BCUT2D eigenvalue weighted by molar-refractivity contribution is 14.1. The van der Waals surface area contributed by atoms with Crippen LogP contribution in [0.1, 0.15) is 13.8 Å². The number of carbonyl (C=O) groups excluding carboxylic acids is 1. The van der Waals surface area contributed by atoms with Crippen molar-refractivity contribution in [3.05, 3.63) is 0 Å². The van der Waals surface area contributed by atoms with Gasteiger partial charge in [-0.25, -0.2) is 0 Å². The summed E-state index contributed by atoms with van der Waals surface area (Å²) in [7, 11) is 1.51. The van der Waals surface area contributed by atoms with Gasteiger partial charge in [0.1, 0.15) is 15.6 Å². The predicted molar refractivity (Wildman–Crippen MR) is 70.3 cm³/mol. The molecule has 1 rings (SSSR count). The molecule has 0 spiro atoms. The van der Waals surface area contributed by atoms with Gasteiger partial charge in [0, 0.05) is 7.11 Å². The highest BCUT2D eigenvalue weighted by atomic mass is 127. The summed E-state index contributed by atoms with van der Waals surface area (Å²) >= 11 is 8.00. The van der Waals surface area contributed by atoms with E-state index >= 15 is 0 Å². The van der Waals surface area contributed by atoms with Crippen LogP contribution in [0.3, 0.4) is 0 Å². The Morgan fingerprint density at radius 1 is 1.59 bits per heavy atom. The van der Waals surface area contributed by atoms with Crippen LogP contribution in [0.2, 0.25) is 0 Å². The molecule has 0 N–H and O–H groups in total. The fourth-order valence-corrected chi connectivity index (χ4v) is 2.65. The van der Waals surface area contributed by atoms with Crippen LogP contribution in [0, 0.1) is 0 Å². The lowest BCUT2D eigenvalue weighted by Gasteiger charge is -2.29. The van der Waals surface area contributed by atoms with E-state index in [1.54, 1.807) is 13.8 Å². The van der Waals surface area contributed by atoms with Gasteiger partial charge in [-0.3, -0.25) is 4.79 Å². The van der Waals surface area contributed by atoms with Crippen molar-refractivity contribution in [2.24, 2.45) is 0 Å². The van der Waals surface area contributed by atoms with Gasteiger partial charge in [-0.05, 0) is 13.8 Å². The van der Waals surface area contributed by atoms with E-state index in [1.807, 2.05) is 22.6 Å². The van der Waals surface area contributed by atoms with E-state index in [1.165, 1.54) is 7.11 Å². The third-order valence-electron chi connectivity index (χ3n) is 2.45. The number of alkyl halides is 2. The van der Waals surface area contributed by atoms with E-state index in [0.717, 1.165) is 0 Å². The molecule has 0 bridgehead atoms. The van der Waals surface area contributed by atoms with Gasteiger partial charge >= 0.3 is 0 Å². The molecule has 0 aromatic rings. The zero-order chi connectivity index (χ0) is 13.1. The maximum atomic E-state index is 10.6. The molecule has 0 aromatic carbocycles. The Balaban J connectivity index is 2.75. The van der Waals surface area contributed by atoms with E-state index in [2.05, 4.69) is 0 Å². The van der Waals surface area contributed by atoms with Crippen molar-refractivity contribution in [2.75, 3.05) is 13.7 Å². The van der Waals surface area contributed by atoms with Crippen LogP contribution in [-0.4, -0.2) is 47.7 Å². The summed E-state index contributed by atoms with van der Waals surface area (Å²) in [6.45, 7) is 4.32. The number of hydrogen-bond acceptors (Lipinski definition) is 5. The minimum atomic E-state index is -0.680. The van der Waals surface area contributed by atoms with Crippen LogP contribution >= 0.6 is 34.2 Å². The first kappa shape index (κ1) is 15.4. The lowest BCUT2D eigenvalue weighted by atomic mass is 10.1. The Hall–Kier alpha value is 0.370. The molecule has 1 aliphatic heterocycles. The number of methoxy groups -OCH3 is 1. The Bertz CT molecular complexity index is 261. The Labute approximate surface area is 119 Å². The summed E-state index contributed by atoms with van der Waals surface area (Å²) < 4.78 is 21.0. The minimum Gasteiger partial charge on any atom is -0.459 e. The zero-order valence-corrected chi connectivity index (χ0v) is 12.8. The maximum absolute atomic E-state index is 10.6. The first-order valence-electron chi connectivity index (χ1n) is 5.13. The predicted octanol–water partition coefficient (Wildman–Crippen LogP) is 1.69. The molecule has 5 nitrogen and oxygen atoms in total. The van der Waals surface area contributed by atoms with E-state index in [9.17, 15) is 4.79 Å². The van der Waals surface area contributed by atoms with Crippen molar-refractivity contribution in [1.29, 1.82) is 0 Å². The van der Waals surface area contributed by atoms with Crippen LogP contribution in [0.15, 0.2) is 0 Å². The van der Waals surface area contributed by atoms with Crippen molar-refractivity contribution < 1.29 is 23.7 Å². The van der Waals surface area contributed by atoms with Crippen LogP contribution in [-0.2, 0) is 23.7 Å². The molecule has 100 valence electrons. The lowest BCUT2D eigenvalue weighted by molar-refractivity contribution is -0.174. The van der Waals surface area contributed by atoms with Gasteiger partial charge in [-0.2, -0.15) is 0 Å². The van der Waals surface area contributed by atoms with Crippen molar-refractivity contribution in [3.8, 4) is 0 Å². The van der Waals surface area contributed by atoms with Gasteiger partial charge < -0.3 is 18.9 Å². The van der Waals surface area contributed by atoms with E-state index in [0.29, 0.717) is 13.1 Å². The first-order chi connectivity index (χ1) is 7.91. The zero-order valence-electron chi connectivity index (χ0n) is 9.89. The SMILES string of the molecule is CO[C@H](C(Cl)I)[C@H](OC=O)[C@H]1COC(C)(C)O1. The summed E-state index contributed by atoms with van der Waals surface area (Å²) in [5.41, 5.74) is 0. The van der Waals surface area contributed by atoms with E-state index in [-0.39, 0.29) is 9.49 Å². The quantitative estimate of drug-likeness (QED) is 0.400. The standard InChI is InChI=1S/C10H16ClIO5/c1-10(2)16-4-6(17-10)7(15-5-13)8(14-3)9(11)12/h5-9H,4H2,1-3H3/t6-,7-,8+,9?/m1/s1. The average molecular weight is 379 g/mol. The monoisotopic (exact) mass is 378 g/mol. The molecule has 17 heavy (non-hydrogen) atoms. The van der Waals surface area contributed by atoms with Gasteiger partial charge in [-0.1, -0.05) is 22.6 Å². The van der Waals surface area contributed by atoms with E-state index < -0.39 is 18.0 Å². The number of halogens is 2. The summed E-state index contributed by atoms with van der Waals surface area (Å²) in [5.74, 6) is -0.680. The fraction of sp³-hybridized carbons (Fsp3) is 0.900. The molecular weight excluding hydrogens is 362 g/mol. The highest BCUT2D eigenvalue weighted by Gasteiger charge is 2.43. The van der Waals surface area contributed by atoms with E-state index in [4.69, 9.17) is 30.5 Å². The van der Waals surface area contributed by atoms with Crippen molar-refractivity contribution >= 4 is 40.7 Å². The topological polar surface area (TPSA) is 54.0 Å². The van der Waals surface area contributed by atoms with Crippen LogP contribution in [0.5, 0.6) is 0 Å². The molecular formula is C10H16ClIO5. The van der Waals surface area contributed by atoms with Gasteiger partial charge in [0.2, 0.25) is 0 Å². The van der Waals surface area contributed by atoms with Crippen LogP contribution < -0.4 is 0 Å². The summed E-state index contributed by atoms with van der Waals surface area (Å²) in [4.78, 5) is 10.6. The maximum Gasteiger partial charge on any atom is 0.293 e. The summed E-state index contributed by atoms with van der Waals surface area (Å²) in [6, 6.07) is 0. The van der Waals surface area contributed by atoms with Crippen molar-refractivity contribution in [2.45, 2.75) is 41.3 Å². The Morgan fingerprint density at radius 3 is 2.59 bits per heavy atom. The van der Waals surface area contributed by atoms with Crippen molar-refractivity contribution in [3.63, 3.8) is 0 Å². The van der Waals surface area contributed by atoms with Gasteiger partial charge in [0.25, 0.3) is 6.47 Å². The molecule has 1 heterocycles. The number of carbonyl (C=O) groups is 1. The molecule has 0 radical (unpaired) electrons. The largest absolute Gasteiger partial charge is 0.459 e.